The van der Waals surface area contributed by atoms with Gasteiger partial charge in [0.05, 0.1) is 0 Å². The number of halogens is 5. The highest BCUT2D eigenvalue weighted by Gasteiger charge is 2.30. The molecule has 0 aliphatic heterocycles. The molecule has 1 aliphatic carbocycles. The predicted octanol–water partition coefficient (Wildman–Crippen LogP) is 8.73. The monoisotopic (exact) mass is 603 g/mol. The fourth-order valence-corrected chi connectivity index (χ4v) is 5.31. The summed E-state index contributed by atoms with van der Waals surface area (Å²) in [6.07, 6.45) is 7.02. The first-order chi connectivity index (χ1) is 20.8. The minimum Gasteiger partial charge on any atom is -0.449 e. The molecule has 0 radical (unpaired) electrons. The summed E-state index contributed by atoms with van der Waals surface area (Å²) in [5.74, 6) is -13.6. The number of hydrogen-bond acceptors (Lipinski definition) is 4. The molecule has 0 saturated carbocycles. The average Bonchev–Trinajstić information content (AvgIpc) is 3.34. The maximum atomic E-state index is 13.6. The van der Waals surface area contributed by atoms with E-state index in [4.69, 9.17) is 4.74 Å². The lowest BCUT2D eigenvalue weighted by molar-refractivity contribution is -0.135. The molecule has 0 aromatic heterocycles. The quantitative estimate of drug-likeness (QED) is 0.0471. The molecule has 1 aliphatic rings. The van der Waals surface area contributed by atoms with Crippen molar-refractivity contribution in [3.8, 4) is 16.9 Å². The third-order valence-electron chi connectivity index (χ3n) is 7.56. The molecule has 3 aromatic carbocycles. The molecule has 1 amide bonds. The molecule has 10 heteroatoms. The Bertz CT molecular complexity index is 1360. The van der Waals surface area contributed by atoms with Crippen LogP contribution in [0.3, 0.4) is 0 Å². The van der Waals surface area contributed by atoms with Crippen molar-refractivity contribution < 1.29 is 41.0 Å². The lowest BCUT2D eigenvalue weighted by Gasteiger charge is -2.14. The van der Waals surface area contributed by atoms with Gasteiger partial charge >= 0.3 is 12.1 Å². The Labute approximate surface area is 247 Å². The summed E-state index contributed by atoms with van der Waals surface area (Å²) >= 11 is 0. The number of unbranched alkanes of at least 4 members (excludes halogenated alkanes) is 8. The zero-order chi connectivity index (χ0) is 30.8. The van der Waals surface area contributed by atoms with E-state index in [-0.39, 0.29) is 18.9 Å². The number of benzene rings is 3. The van der Waals surface area contributed by atoms with Gasteiger partial charge < -0.3 is 14.8 Å². The second kappa shape index (κ2) is 15.5. The predicted molar refractivity (Wildman–Crippen MR) is 151 cm³/mol. The summed E-state index contributed by atoms with van der Waals surface area (Å²) in [5.41, 5.74) is 4.71. The molecule has 0 saturated heterocycles. The van der Waals surface area contributed by atoms with Gasteiger partial charge in [-0.25, -0.2) is 18.0 Å². The number of alkyl carbamates (subject to hydrolysis) is 1. The smallest absolute Gasteiger partial charge is 0.407 e. The summed E-state index contributed by atoms with van der Waals surface area (Å²) < 4.78 is 76.6. The second-order valence-corrected chi connectivity index (χ2v) is 10.6. The van der Waals surface area contributed by atoms with E-state index < -0.39 is 46.9 Å². The maximum absolute atomic E-state index is 13.6. The van der Waals surface area contributed by atoms with Crippen molar-refractivity contribution in [1.82, 2.24) is 5.32 Å². The van der Waals surface area contributed by atoms with Crippen LogP contribution in [0.1, 0.15) is 81.3 Å². The molecule has 0 atom stereocenters. The first-order valence-electron chi connectivity index (χ1n) is 14.6. The van der Waals surface area contributed by atoms with Gasteiger partial charge in [-0.3, -0.25) is 4.79 Å². The number of hydrogen-bond donors (Lipinski definition) is 1. The number of nitrogens with one attached hydrogen (secondary N) is 1. The number of esters is 1. The van der Waals surface area contributed by atoms with Crippen LogP contribution in [0.4, 0.5) is 26.7 Å². The summed E-state index contributed by atoms with van der Waals surface area (Å²) in [5, 5.41) is 2.82. The minimum atomic E-state index is -2.31. The van der Waals surface area contributed by atoms with Crippen molar-refractivity contribution in [2.45, 2.75) is 70.1 Å². The van der Waals surface area contributed by atoms with Crippen LogP contribution in [0.2, 0.25) is 0 Å². The van der Waals surface area contributed by atoms with E-state index in [0.717, 1.165) is 44.9 Å². The topological polar surface area (TPSA) is 64.6 Å². The van der Waals surface area contributed by atoms with Crippen LogP contribution in [-0.4, -0.2) is 25.2 Å². The van der Waals surface area contributed by atoms with Crippen molar-refractivity contribution in [2.24, 2.45) is 0 Å². The maximum Gasteiger partial charge on any atom is 0.407 e. The highest BCUT2D eigenvalue weighted by atomic mass is 19.2. The Hall–Kier alpha value is -3.95. The number of amides is 1. The fraction of sp³-hybridized carbons (Fsp3) is 0.394. The van der Waals surface area contributed by atoms with Gasteiger partial charge in [-0.15, -0.1) is 0 Å². The largest absolute Gasteiger partial charge is 0.449 e. The van der Waals surface area contributed by atoms with Crippen LogP contribution in [-0.2, 0) is 9.53 Å². The molecule has 0 fully saturated rings. The van der Waals surface area contributed by atoms with Gasteiger partial charge in [0.2, 0.25) is 34.8 Å². The van der Waals surface area contributed by atoms with Crippen LogP contribution in [0.5, 0.6) is 5.75 Å². The van der Waals surface area contributed by atoms with Crippen LogP contribution in [0, 0.1) is 29.1 Å². The SMILES string of the molecule is O=C(CCCCCCCCCCCNC(=O)OCC1c2ccccc2-c2ccccc21)Oc1c(F)c(F)c(F)c(F)c1F. The number of rotatable bonds is 15. The van der Waals surface area contributed by atoms with Gasteiger partial charge in [0, 0.05) is 18.9 Å². The van der Waals surface area contributed by atoms with Crippen molar-refractivity contribution in [1.29, 1.82) is 0 Å². The van der Waals surface area contributed by atoms with Crippen LogP contribution in [0.25, 0.3) is 11.1 Å². The third kappa shape index (κ3) is 8.12. The molecular formula is C33H34F5NO4. The Kier molecular flexibility index (Phi) is 11.5. The minimum absolute atomic E-state index is 0.0272. The molecule has 43 heavy (non-hydrogen) atoms. The average molecular weight is 604 g/mol. The zero-order valence-corrected chi connectivity index (χ0v) is 23.7. The molecule has 0 unspecified atom stereocenters. The first kappa shape index (κ1) is 32.0. The van der Waals surface area contributed by atoms with Gasteiger partial charge in [0.25, 0.3) is 0 Å². The highest BCUT2D eigenvalue weighted by molar-refractivity contribution is 5.79. The lowest BCUT2D eigenvalue weighted by Crippen LogP contribution is -2.27. The Morgan fingerprint density at radius 1 is 0.628 bits per heavy atom. The molecule has 230 valence electrons. The molecule has 0 spiro atoms. The van der Waals surface area contributed by atoms with Crippen LogP contribution < -0.4 is 10.1 Å². The molecule has 5 nitrogen and oxygen atoms in total. The summed E-state index contributed by atoms with van der Waals surface area (Å²) in [6.45, 7) is 0.824. The summed E-state index contributed by atoms with van der Waals surface area (Å²) in [7, 11) is 0. The van der Waals surface area contributed by atoms with Crippen molar-refractivity contribution in [2.75, 3.05) is 13.2 Å². The van der Waals surface area contributed by atoms with Gasteiger partial charge in [0.15, 0.2) is 0 Å². The van der Waals surface area contributed by atoms with E-state index in [2.05, 4.69) is 34.3 Å². The van der Waals surface area contributed by atoms with Gasteiger partial charge in [-0.05, 0) is 35.1 Å². The van der Waals surface area contributed by atoms with E-state index >= 15 is 0 Å². The molecule has 4 rings (SSSR count). The van der Waals surface area contributed by atoms with Crippen molar-refractivity contribution in [3.63, 3.8) is 0 Å². The Morgan fingerprint density at radius 2 is 1.09 bits per heavy atom. The number of carbonyl (C=O) groups is 2. The van der Waals surface area contributed by atoms with Crippen LogP contribution >= 0.6 is 0 Å². The highest BCUT2D eigenvalue weighted by Crippen LogP contribution is 2.44. The standard InChI is InChI=1S/C33H34F5NO4/c34-27-28(35)30(37)32(31(38)29(27)36)43-26(40)18-8-6-4-2-1-3-5-7-13-19-39-33(41)42-20-25-23-16-11-9-14-21(23)22-15-10-12-17-24(22)25/h9-12,14-17,25H,1-8,13,18-20H2,(H,39,41). The van der Waals surface area contributed by atoms with Crippen LogP contribution in [0.15, 0.2) is 48.5 Å². The van der Waals surface area contributed by atoms with E-state index in [1.807, 2.05) is 24.3 Å². The van der Waals surface area contributed by atoms with Gasteiger partial charge in [-0.2, -0.15) is 8.78 Å². The number of carbonyl (C=O) groups excluding carboxylic acids is 2. The molecule has 1 N–H and O–H groups in total. The Morgan fingerprint density at radius 3 is 1.65 bits per heavy atom. The summed E-state index contributed by atoms with van der Waals surface area (Å²) in [4.78, 5) is 24.0. The summed E-state index contributed by atoms with van der Waals surface area (Å²) in [6, 6.07) is 16.4. The molecular weight excluding hydrogens is 569 g/mol. The Balaban J connectivity index is 1.000. The molecule has 0 heterocycles. The van der Waals surface area contributed by atoms with E-state index in [1.165, 1.54) is 22.3 Å². The van der Waals surface area contributed by atoms with E-state index in [0.29, 0.717) is 19.4 Å². The number of ether oxygens (including phenoxy) is 2. The molecule has 0 bridgehead atoms. The van der Waals surface area contributed by atoms with Crippen molar-refractivity contribution in [3.05, 3.63) is 88.7 Å². The van der Waals surface area contributed by atoms with Gasteiger partial charge in [0.1, 0.15) is 6.61 Å². The van der Waals surface area contributed by atoms with Gasteiger partial charge in [-0.1, -0.05) is 93.5 Å². The van der Waals surface area contributed by atoms with Crippen molar-refractivity contribution >= 4 is 12.1 Å². The first-order valence-corrected chi connectivity index (χ1v) is 14.6. The fourth-order valence-electron chi connectivity index (χ4n) is 5.31. The number of fused-ring (bicyclic) bond motifs is 3. The second-order valence-electron chi connectivity index (χ2n) is 10.6. The molecule has 3 aromatic rings. The zero-order valence-electron chi connectivity index (χ0n) is 23.7. The van der Waals surface area contributed by atoms with E-state index in [9.17, 15) is 31.5 Å². The lowest BCUT2D eigenvalue weighted by atomic mass is 9.98. The van der Waals surface area contributed by atoms with E-state index in [1.54, 1.807) is 0 Å². The normalized spacial score (nSPS) is 12.1. The third-order valence-corrected chi connectivity index (χ3v) is 7.56.